The second-order valence-electron chi connectivity index (χ2n) is 8.08. The molecule has 2 aromatic rings. The Morgan fingerprint density at radius 1 is 1.38 bits per heavy atom. The summed E-state index contributed by atoms with van der Waals surface area (Å²) < 4.78 is 43.8. The number of sulfone groups is 1. The molecule has 158 valence electrons. The number of rotatable bonds is 5. The third kappa shape index (κ3) is 5.27. The first kappa shape index (κ1) is 21.6. The molecule has 10 heteroatoms. The molecule has 1 saturated heterocycles. The molecule has 1 aromatic heterocycles. The number of nitrogens with one attached hydrogen (secondary N) is 1. The molecule has 1 aliphatic rings. The summed E-state index contributed by atoms with van der Waals surface area (Å²) in [7, 11) is -3.11. The van der Waals surface area contributed by atoms with E-state index in [2.05, 4.69) is 10.4 Å². The summed E-state index contributed by atoms with van der Waals surface area (Å²) in [4.78, 5) is 12.4. The fourth-order valence-electron chi connectivity index (χ4n) is 3.02. The van der Waals surface area contributed by atoms with Crippen molar-refractivity contribution in [2.24, 2.45) is 0 Å². The van der Waals surface area contributed by atoms with Crippen molar-refractivity contribution in [1.82, 2.24) is 9.78 Å². The van der Waals surface area contributed by atoms with Gasteiger partial charge in [-0.05, 0) is 24.6 Å². The Balaban J connectivity index is 1.76. The highest BCUT2D eigenvalue weighted by molar-refractivity contribution is 7.91. The van der Waals surface area contributed by atoms with E-state index in [0.717, 1.165) is 11.8 Å². The molecular formula is C19H23ClFN3O4S. The molecule has 3 rings (SSSR count). The maximum Gasteiger partial charge on any atom is 0.263 e. The second-order valence-corrected chi connectivity index (χ2v) is 10.7. The first-order chi connectivity index (χ1) is 13.4. The van der Waals surface area contributed by atoms with Crippen LogP contribution in [0, 0.1) is 5.82 Å². The largest absolute Gasteiger partial charge is 0.482 e. The molecule has 0 bridgehead atoms. The lowest BCUT2D eigenvalue weighted by atomic mass is 9.92. The zero-order valence-corrected chi connectivity index (χ0v) is 18.0. The van der Waals surface area contributed by atoms with Crippen molar-refractivity contribution in [2.45, 2.75) is 38.6 Å². The summed E-state index contributed by atoms with van der Waals surface area (Å²) in [6.45, 7) is 5.60. The summed E-state index contributed by atoms with van der Waals surface area (Å²) in [5.41, 5.74) is 0.458. The van der Waals surface area contributed by atoms with Crippen LogP contribution in [0.4, 0.5) is 10.2 Å². The molecule has 0 saturated carbocycles. The van der Waals surface area contributed by atoms with Crippen molar-refractivity contribution in [3.05, 3.63) is 40.8 Å². The van der Waals surface area contributed by atoms with Crippen LogP contribution in [-0.4, -0.2) is 42.2 Å². The predicted octanol–water partition coefficient (Wildman–Crippen LogP) is 3.35. The fourth-order valence-corrected chi connectivity index (χ4v) is 4.93. The average Bonchev–Trinajstić information content (AvgIpc) is 3.17. The zero-order chi connectivity index (χ0) is 21.4. The van der Waals surface area contributed by atoms with Crippen molar-refractivity contribution in [3.8, 4) is 5.75 Å². The number of anilines is 1. The van der Waals surface area contributed by atoms with Crippen LogP contribution in [0.5, 0.6) is 5.75 Å². The number of hydrogen-bond acceptors (Lipinski definition) is 5. The Kier molecular flexibility index (Phi) is 5.91. The highest BCUT2D eigenvalue weighted by Gasteiger charge is 2.32. The fraction of sp³-hybridized carbons (Fsp3) is 0.474. The number of benzene rings is 1. The van der Waals surface area contributed by atoms with Gasteiger partial charge >= 0.3 is 0 Å². The molecule has 1 aromatic carbocycles. The Morgan fingerprint density at radius 2 is 2.10 bits per heavy atom. The normalized spacial score (nSPS) is 18.6. The van der Waals surface area contributed by atoms with Gasteiger partial charge in [0.1, 0.15) is 17.4 Å². The molecule has 1 fully saturated rings. The van der Waals surface area contributed by atoms with E-state index in [1.165, 1.54) is 12.1 Å². The molecule has 7 nitrogen and oxygen atoms in total. The third-order valence-corrected chi connectivity index (χ3v) is 6.62. The number of ether oxygens (including phenoxy) is 1. The molecule has 1 aliphatic heterocycles. The van der Waals surface area contributed by atoms with E-state index in [4.69, 9.17) is 16.3 Å². The van der Waals surface area contributed by atoms with Crippen LogP contribution in [-0.2, 0) is 20.0 Å². The smallest absolute Gasteiger partial charge is 0.263 e. The number of halogens is 2. The van der Waals surface area contributed by atoms with Crippen LogP contribution in [0.2, 0.25) is 5.02 Å². The minimum Gasteiger partial charge on any atom is -0.482 e. The minimum absolute atomic E-state index is 0.0111. The molecule has 0 aliphatic carbocycles. The summed E-state index contributed by atoms with van der Waals surface area (Å²) in [6.07, 6.45) is 0.443. The quantitative estimate of drug-likeness (QED) is 0.765. The summed E-state index contributed by atoms with van der Waals surface area (Å²) >= 11 is 5.90. The molecule has 0 spiro atoms. The first-order valence-electron chi connectivity index (χ1n) is 9.13. The van der Waals surface area contributed by atoms with E-state index in [0.29, 0.717) is 12.2 Å². The maximum atomic E-state index is 13.1. The van der Waals surface area contributed by atoms with Gasteiger partial charge in [-0.15, -0.1) is 0 Å². The SMILES string of the molecule is CC(C)(C)c1cc(NC(=O)COc2ccc(F)cc2Cl)n([C@H]2CCS(=O)(=O)C2)n1. The lowest BCUT2D eigenvalue weighted by molar-refractivity contribution is -0.118. The van der Waals surface area contributed by atoms with Crippen molar-refractivity contribution in [1.29, 1.82) is 0 Å². The number of carbonyl (C=O) groups is 1. The van der Waals surface area contributed by atoms with Gasteiger partial charge in [0.15, 0.2) is 16.4 Å². The van der Waals surface area contributed by atoms with E-state index in [1.54, 1.807) is 10.7 Å². The molecule has 1 N–H and O–H groups in total. The van der Waals surface area contributed by atoms with Crippen LogP contribution in [0.15, 0.2) is 24.3 Å². The standard InChI is InChI=1S/C19H23ClFN3O4S/c1-19(2,3)16-9-17(24(23-16)13-6-7-29(26,27)11-13)22-18(25)10-28-15-5-4-12(21)8-14(15)20/h4-5,8-9,13H,6-7,10-11H2,1-3H3,(H,22,25)/t13-/m0/s1. The number of amides is 1. The number of nitrogens with zero attached hydrogens (tertiary/aromatic N) is 2. The van der Waals surface area contributed by atoms with E-state index < -0.39 is 21.6 Å². The van der Waals surface area contributed by atoms with Gasteiger partial charge in [0.2, 0.25) is 0 Å². The monoisotopic (exact) mass is 443 g/mol. The lowest BCUT2D eigenvalue weighted by Gasteiger charge is -2.15. The topological polar surface area (TPSA) is 90.3 Å². The van der Waals surface area contributed by atoms with Crippen molar-refractivity contribution in [2.75, 3.05) is 23.4 Å². The van der Waals surface area contributed by atoms with Crippen LogP contribution in [0.3, 0.4) is 0 Å². The molecule has 0 radical (unpaired) electrons. The highest BCUT2D eigenvalue weighted by atomic mass is 35.5. The molecule has 1 amide bonds. The van der Waals surface area contributed by atoms with Gasteiger partial charge in [-0.2, -0.15) is 5.10 Å². The van der Waals surface area contributed by atoms with Crippen molar-refractivity contribution in [3.63, 3.8) is 0 Å². The minimum atomic E-state index is -3.11. The first-order valence-corrected chi connectivity index (χ1v) is 11.3. The molecule has 1 atom stereocenters. The molecule has 2 heterocycles. The highest BCUT2D eigenvalue weighted by Crippen LogP contribution is 2.31. The number of carbonyl (C=O) groups excluding carboxylic acids is 1. The van der Waals surface area contributed by atoms with E-state index in [1.807, 2.05) is 20.8 Å². The summed E-state index contributed by atoms with van der Waals surface area (Å²) in [5, 5.41) is 7.35. The zero-order valence-electron chi connectivity index (χ0n) is 16.4. The Morgan fingerprint density at radius 3 is 2.69 bits per heavy atom. The third-order valence-electron chi connectivity index (χ3n) is 4.58. The van der Waals surface area contributed by atoms with Crippen molar-refractivity contribution < 1.29 is 22.3 Å². The van der Waals surface area contributed by atoms with E-state index >= 15 is 0 Å². The van der Waals surface area contributed by atoms with Crippen molar-refractivity contribution >= 4 is 33.2 Å². The van der Waals surface area contributed by atoms with Gasteiger partial charge < -0.3 is 10.1 Å². The predicted molar refractivity (Wildman–Crippen MR) is 109 cm³/mol. The van der Waals surface area contributed by atoms with Crippen LogP contribution in [0.1, 0.15) is 38.9 Å². The average molecular weight is 444 g/mol. The number of aromatic nitrogens is 2. The number of hydrogen-bond donors (Lipinski definition) is 1. The van der Waals surface area contributed by atoms with Gasteiger partial charge in [0.05, 0.1) is 28.3 Å². The van der Waals surface area contributed by atoms with Crippen LogP contribution < -0.4 is 10.1 Å². The molecular weight excluding hydrogens is 421 g/mol. The van der Waals surface area contributed by atoms with Gasteiger partial charge in [-0.3, -0.25) is 4.79 Å². The van der Waals surface area contributed by atoms with Gasteiger partial charge in [-0.1, -0.05) is 32.4 Å². The van der Waals surface area contributed by atoms with Crippen LogP contribution >= 0.6 is 11.6 Å². The molecule has 29 heavy (non-hydrogen) atoms. The van der Waals surface area contributed by atoms with Gasteiger partial charge in [0.25, 0.3) is 5.91 Å². The Hall–Kier alpha value is -2.13. The maximum absolute atomic E-state index is 13.1. The summed E-state index contributed by atoms with van der Waals surface area (Å²) in [5.74, 6) is -0.278. The second kappa shape index (κ2) is 7.95. The summed E-state index contributed by atoms with van der Waals surface area (Å²) in [6, 6.07) is 5.03. The lowest BCUT2D eigenvalue weighted by Crippen LogP contribution is -2.24. The Labute approximate surface area is 174 Å². The van der Waals surface area contributed by atoms with E-state index in [-0.39, 0.29) is 40.3 Å². The van der Waals surface area contributed by atoms with Crippen LogP contribution in [0.25, 0.3) is 0 Å². The molecule has 0 unspecified atom stereocenters. The van der Waals surface area contributed by atoms with Gasteiger partial charge in [0, 0.05) is 11.5 Å². The van der Waals surface area contributed by atoms with E-state index in [9.17, 15) is 17.6 Å². The Bertz CT molecular complexity index is 1030. The van der Waals surface area contributed by atoms with Gasteiger partial charge in [-0.25, -0.2) is 17.5 Å².